The summed E-state index contributed by atoms with van der Waals surface area (Å²) in [5.41, 5.74) is 2.19. The quantitative estimate of drug-likeness (QED) is 0.896. The molecule has 6 nitrogen and oxygen atoms in total. The van der Waals surface area contributed by atoms with Gasteiger partial charge in [-0.3, -0.25) is 4.68 Å². The normalized spacial score (nSPS) is 14.8. The molecule has 0 saturated carbocycles. The Morgan fingerprint density at radius 2 is 2.27 bits per heavy atom. The number of hydrogen-bond donors (Lipinski definition) is 1. The van der Waals surface area contributed by atoms with Crippen LogP contribution >= 0.6 is 11.6 Å². The van der Waals surface area contributed by atoms with Crippen molar-refractivity contribution >= 4 is 21.6 Å². The molecule has 2 heterocycles. The van der Waals surface area contributed by atoms with E-state index in [0.717, 1.165) is 17.7 Å². The van der Waals surface area contributed by atoms with E-state index in [1.54, 1.807) is 18.3 Å². The minimum Gasteiger partial charge on any atom is -0.376 e. The summed E-state index contributed by atoms with van der Waals surface area (Å²) in [4.78, 5) is 0.163. The first-order valence-electron chi connectivity index (χ1n) is 6.93. The van der Waals surface area contributed by atoms with Crippen LogP contribution in [0.2, 0.25) is 5.02 Å². The molecule has 0 unspecified atom stereocenters. The molecule has 0 amide bonds. The van der Waals surface area contributed by atoms with E-state index >= 15 is 0 Å². The predicted octanol–water partition coefficient (Wildman–Crippen LogP) is 1.59. The number of halogens is 1. The van der Waals surface area contributed by atoms with E-state index in [1.807, 2.05) is 4.68 Å². The predicted molar refractivity (Wildman–Crippen MR) is 82.2 cm³/mol. The van der Waals surface area contributed by atoms with E-state index in [2.05, 4.69) is 9.82 Å². The Balaban J connectivity index is 1.64. The number of benzene rings is 1. The van der Waals surface area contributed by atoms with Crippen molar-refractivity contribution in [2.45, 2.75) is 24.5 Å². The Kier molecular flexibility index (Phi) is 4.49. The number of fused-ring (bicyclic) bond motifs is 1. The largest absolute Gasteiger partial charge is 0.376 e. The van der Waals surface area contributed by atoms with Crippen LogP contribution in [0.1, 0.15) is 11.3 Å². The summed E-state index contributed by atoms with van der Waals surface area (Å²) in [5.74, 6) is 0. The highest BCUT2D eigenvalue weighted by Crippen LogP contribution is 2.17. The summed E-state index contributed by atoms with van der Waals surface area (Å²) in [5, 5.41) is 4.68. The third kappa shape index (κ3) is 3.33. The monoisotopic (exact) mass is 341 g/mol. The van der Waals surface area contributed by atoms with Crippen molar-refractivity contribution in [1.29, 1.82) is 0 Å². The van der Waals surface area contributed by atoms with Crippen molar-refractivity contribution in [2.75, 3.05) is 13.2 Å². The maximum absolute atomic E-state index is 12.2. The molecule has 0 aliphatic carbocycles. The van der Waals surface area contributed by atoms with Crippen LogP contribution in [0.5, 0.6) is 0 Å². The molecule has 1 aliphatic rings. The molecule has 0 radical (unpaired) electrons. The van der Waals surface area contributed by atoms with Gasteiger partial charge in [0.05, 0.1) is 30.9 Å². The van der Waals surface area contributed by atoms with Gasteiger partial charge in [-0.05, 0) is 18.2 Å². The highest BCUT2D eigenvalue weighted by atomic mass is 35.5. The average Bonchev–Trinajstić information content (AvgIpc) is 2.91. The van der Waals surface area contributed by atoms with Crippen molar-refractivity contribution < 1.29 is 13.2 Å². The summed E-state index contributed by atoms with van der Waals surface area (Å²) in [7, 11) is -3.56. The van der Waals surface area contributed by atoms with E-state index in [-0.39, 0.29) is 11.4 Å². The van der Waals surface area contributed by atoms with E-state index in [1.165, 1.54) is 12.1 Å². The van der Waals surface area contributed by atoms with Crippen molar-refractivity contribution in [3.63, 3.8) is 0 Å². The number of sulfonamides is 1. The summed E-state index contributed by atoms with van der Waals surface area (Å²) < 4.78 is 34.1. The molecule has 2 aromatic rings. The first-order valence-corrected chi connectivity index (χ1v) is 8.79. The molecule has 0 atom stereocenters. The van der Waals surface area contributed by atoms with Gasteiger partial charge < -0.3 is 4.74 Å². The van der Waals surface area contributed by atoms with Crippen molar-refractivity contribution in [1.82, 2.24) is 14.5 Å². The molecular weight excluding hydrogens is 326 g/mol. The first kappa shape index (κ1) is 15.5. The van der Waals surface area contributed by atoms with Crippen LogP contribution < -0.4 is 4.72 Å². The SMILES string of the molecule is O=S(=O)(NCCn1ncc2c1CCOC2)c1cccc(Cl)c1. The molecule has 8 heteroatoms. The minimum atomic E-state index is -3.56. The second-order valence-electron chi connectivity index (χ2n) is 5.00. The van der Waals surface area contributed by atoms with Gasteiger partial charge in [0.1, 0.15) is 0 Å². The summed E-state index contributed by atoms with van der Waals surface area (Å²) in [6, 6.07) is 6.19. The van der Waals surface area contributed by atoms with Crippen LogP contribution in [-0.4, -0.2) is 31.3 Å². The molecule has 0 fully saturated rings. The third-order valence-corrected chi connectivity index (χ3v) is 5.19. The molecule has 1 aromatic carbocycles. The fourth-order valence-corrected chi connectivity index (χ4v) is 3.73. The zero-order chi connectivity index (χ0) is 15.6. The van der Waals surface area contributed by atoms with Gasteiger partial charge in [-0.1, -0.05) is 17.7 Å². The minimum absolute atomic E-state index is 0.163. The molecular formula is C14H16ClN3O3S. The average molecular weight is 342 g/mol. The Morgan fingerprint density at radius 3 is 3.09 bits per heavy atom. The van der Waals surface area contributed by atoms with Gasteiger partial charge in [0.2, 0.25) is 10.0 Å². The van der Waals surface area contributed by atoms with Gasteiger partial charge in [0.15, 0.2) is 0 Å². The van der Waals surface area contributed by atoms with Crippen molar-refractivity contribution in [2.24, 2.45) is 0 Å². The molecule has 118 valence electrons. The highest BCUT2D eigenvalue weighted by Gasteiger charge is 2.17. The fourth-order valence-electron chi connectivity index (χ4n) is 2.41. The molecule has 0 saturated heterocycles. The van der Waals surface area contributed by atoms with Crippen molar-refractivity contribution in [3.05, 3.63) is 46.7 Å². The lowest BCUT2D eigenvalue weighted by Gasteiger charge is -2.15. The van der Waals surface area contributed by atoms with Crippen LogP contribution in [0.3, 0.4) is 0 Å². The second kappa shape index (κ2) is 6.37. The summed E-state index contributed by atoms with van der Waals surface area (Å²) in [6.07, 6.45) is 2.58. The topological polar surface area (TPSA) is 73.2 Å². The van der Waals surface area contributed by atoms with Gasteiger partial charge in [-0.25, -0.2) is 13.1 Å². The molecule has 0 bridgehead atoms. The lowest BCUT2D eigenvalue weighted by molar-refractivity contribution is 0.109. The van der Waals surface area contributed by atoms with E-state index in [9.17, 15) is 8.42 Å². The highest BCUT2D eigenvalue weighted by molar-refractivity contribution is 7.89. The maximum atomic E-state index is 12.2. The Hall–Kier alpha value is -1.41. The van der Waals surface area contributed by atoms with E-state index < -0.39 is 10.0 Å². The first-order chi connectivity index (χ1) is 10.6. The van der Waals surface area contributed by atoms with Crippen LogP contribution in [0, 0.1) is 0 Å². The third-order valence-electron chi connectivity index (χ3n) is 3.50. The Morgan fingerprint density at radius 1 is 1.41 bits per heavy atom. The van der Waals surface area contributed by atoms with Gasteiger partial charge >= 0.3 is 0 Å². The second-order valence-corrected chi connectivity index (χ2v) is 7.20. The number of hydrogen-bond acceptors (Lipinski definition) is 4. The molecule has 22 heavy (non-hydrogen) atoms. The van der Waals surface area contributed by atoms with Gasteiger partial charge in [0.25, 0.3) is 0 Å². The molecule has 1 N–H and O–H groups in total. The van der Waals surface area contributed by atoms with Crippen molar-refractivity contribution in [3.8, 4) is 0 Å². The van der Waals surface area contributed by atoms with Crippen LogP contribution in [-0.2, 0) is 34.3 Å². The molecule has 1 aliphatic heterocycles. The maximum Gasteiger partial charge on any atom is 0.240 e. The zero-order valence-corrected chi connectivity index (χ0v) is 13.4. The Bertz CT molecular complexity index is 773. The van der Waals surface area contributed by atoms with E-state index in [0.29, 0.717) is 24.8 Å². The summed E-state index contributed by atoms with van der Waals surface area (Å²) in [6.45, 7) is 2.00. The molecule has 3 rings (SSSR count). The number of aromatic nitrogens is 2. The zero-order valence-electron chi connectivity index (χ0n) is 11.8. The fraction of sp³-hybridized carbons (Fsp3) is 0.357. The molecule has 1 aromatic heterocycles. The number of rotatable bonds is 5. The number of ether oxygens (including phenoxy) is 1. The Labute approximate surface area is 134 Å². The molecule has 0 spiro atoms. The lowest BCUT2D eigenvalue weighted by atomic mass is 10.2. The lowest BCUT2D eigenvalue weighted by Crippen LogP contribution is -2.28. The van der Waals surface area contributed by atoms with Gasteiger partial charge in [-0.15, -0.1) is 0 Å². The van der Waals surface area contributed by atoms with Crippen LogP contribution in [0.4, 0.5) is 0 Å². The smallest absolute Gasteiger partial charge is 0.240 e. The number of nitrogens with one attached hydrogen (secondary N) is 1. The summed E-state index contributed by atoms with van der Waals surface area (Å²) >= 11 is 5.83. The van der Waals surface area contributed by atoms with Gasteiger partial charge in [-0.2, -0.15) is 5.10 Å². The van der Waals surface area contributed by atoms with E-state index in [4.69, 9.17) is 16.3 Å². The van der Waals surface area contributed by atoms with Crippen LogP contribution in [0.15, 0.2) is 35.4 Å². The number of nitrogens with zero attached hydrogens (tertiary/aromatic N) is 2. The standard InChI is InChI=1S/C14H16ClN3O3S/c15-12-2-1-3-13(8-12)22(19,20)17-5-6-18-14-4-7-21-10-11(14)9-16-18/h1-3,8-9,17H,4-7,10H2. The van der Waals surface area contributed by atoms with Crippen LogP contribution in [0.25, 0.3) is 0 Å². The van der Waals surface area contributed by atoms with Gasteiger partial charge in [0, 0.05) is 29.2 Å².